The molecule has 5 heteroatoms. The van der Waals surface area contributed by atoms with Crippen LogP contribution in [0.25, 0.3) is 0 Å². The Morgan fingerprint density at radius 1 is 1.08 bits per heavy atom. The smallest absolute Gasteiger partial charge is 0.267 e. The number of amides is 1. The Morgan fingerprint density at radius 3 is 2.48 bits per heavy atom. The number of para-hydroxylation sites is 1. The van der Waals surface area contributed by atoms with Crippen molar-refractivity contribution in [3.63, 3.8) is 0 Å². The summed E-state index contributed by atoms with van der Waals surface area (Å²) in [6.07, 6.45) is 0. The van der Waals surface area contributed by atoms with Gasteiger partial charge in [-0.25, -0.2) is 4.98 Å². The normalized spacial score (nSPS) is 10.6. The van der Waals surface area contributed by atoms with Crippen LogP contribution in [0.1, 0.15) is 26.5 Å². The lowest BCUT2D eigenvalue weighted by Gasteiger charge is -2.15. The molecule has 25 heavy (non-hydrogen) atoms. The van der Waals surface area contributed by atoms with Gasteiger partial charge in [0.05, 0.1) is 5.69 Å². The highest BCUT2D eigenvalue weighted by Crippen LogP contribution is 2.31. The molecule has 1 aromatic heterocycles. The number of aryl methyl sites for hydroxylation is 3. The van der Waals surface area contributed by atoms with Crippen LogP contribution in [0, 0.1) is 20.8 Å². The molecular formula is C20H21N3OS. The van der Waals surface area contributed by atoms with E-state index in [1.165, 1.54) is 16.9 Å². The maximum Gasteiger partial charge on any atom is 0.267 e. The number of anilines is 3. The lowest BCUT2D eigenvalue weighted by atomic mass is 10.1. The SMILES string of the molecule is Cc1ccc(NC(=O)c2sc(N(C)c3ccccc3)nc2C)c(C)c1. The summed E-state index contributed by atoms with van der Waals surface area (Å²) in [6, 6.07) is 16.0. The van der Waals surface area contributed by atoms with Crippen molar-refractivity contribution in [3.8, 4) is 0 Å². The topological polar surface area (TPSA) is 45.2 Å². The Morgan fingerprint density at radius 2 is 1.80 bits per heavy atom. The molecule has 0 spiro atoms. The van der Waals surface area contributed by atoms with Crippen molar-refractivity contribution in [2.75, 3.05) is 17.3 Å². The minimum Gasteiger partial charge on any atom is -0.321 e. The Kier molecular flexibility index (Phi) is 4.86. The van der Waals surface area contributed by atoms with E-state index in [0.29, 0.717) is 4.88 Å². The molecule has 1 amide bonds. The summed E-state index contributed by atoms with van der Waals surface area (Å²) in [5, 5.41) is 3.80. The van der Waals surface area contributed by atoms with Crippen molar-refractivity contribution in [1.82, 2.24) is 4.98 Å². The summed E-state index contributed by atoms with van der Waals surface area (Å²) in [6.45, 7) is 5.91. The molecule has 128 valence electrons. The van der Waals surface area contributed by atoms with Crippen LogP contribution in [0.3, 0.4) is 0 Å². The number of carbonyl (C=O) groups excluding carboxylic acids is 1. The van der Waals surface area contributed by atoms with Crippen molar-refractivity contribution in [1.29, 1.82) is 0 Å². The van der Waals surface area contributed by atoms with E-state index in [0.717, 1.165) is 27.8 Å². The average molecular weight is 351 g/mol. The van der Waals surface area contributed by atoms with Crippen LogP contribution in [0.4, 0.5) is 16.5 Å². The van der Waals surface area contributed by atoms with Gasteiger partial charge in [0.1, 0.15) is 4.88 Å². The predicted molar refractivity (Wildman–Crippen MR) is 105 cm³/mol. The molecule has 1 N–H and O–H groups in total. The van der Waals surface area contributed by atoms with Gasteiger partial charge in [-0.3, -0.25) is 4.79 Å². The molecular weight excluding hydrogens is 330 g/mol. The van der Waals surface area contributed by atoms with E-state index in [-0.39, 0.29) is 5.91 Å². The fourth-order valence-corrected chi connectivity index (χ4v) is 3.58. The number of thiazole rings is 1. The molecule has 0 fully saturated rings. The van der Waals surface area contributed by atoms with Crippen LogP contribution in [0.15, 0.2) is 48.5 Å². The summed E-state index contributed by atoms with van der Waals surface area (Å²) in [7, 11) is 1.96. The molecule has 0 bridgehead atoms. The Bertz CT molecular complexity index is 903. The molecule has 3 rings (SSSR count). The first-order valence-corrected chi connectivity index (χ1v) is 8.92. The lowest BCUT2D eigenvalue weighted by Crippen LogP contribution is -2.12. The number of hydrogen-bond acceptors (Lipinski definition) is 4. The van der Waals surface area contributed by atoms with Gasteiger partial charge in [-0.2, -0.15) is 0 Å². The van der Waals surface area contributed by atoms with Crippen molar-refractivity contribution >= 4 is 33.8 Å². The van der Waals surface area contributed by atoms with Gasteiger partial charge < -0.3 is 10.2 Å². The van der Waals surface area contributed by atoms with Crippen LogP contribution in [-0.2, 0) is 0 Å². The quantitative estimate of drug-likeness (QED) is 0.712. The molecule has 0 atom stereocenters. The first kappa shape index (κ1) is 17.2. The first-order valence-electron chi connectivity index (χ1n) is 8.10. The third kappa shape index (κ3) is 3.72. The fourth-order valence-electron chi connectivity index (χ4n) is 2.63. The van der Waals surface area contributed by atoms with Crippen molar-refractivity contribution in [3.05, 3.63) is 70.2 Å². The van der Waals surface area contributed by atoms with Gasteiger partial charge >= 0.3 is 0 Å². The number of benzene rings is 2. The van der Waals surface area contributed by atoms with E-state index < -0.39 is 0 Å². The molecule has 0 aliphatic rings. The maximum absolute atomic E-state index is 12.7. The Hall–Kier alpha value is -2.66. The first-order chi connectivity index (χ1) is 12.0. The number of aromatic nitrogens is 1. The van der Waals surface area contributed by atoms with Crippen molar-refractivity contribution in [2.24, 2.45) is 0 Å². The Labute approximate surface area is 152 Å². The van der Waals surface area contributed by atoms with Crippen LogP contribution in [0.2, 0.25) is 0 Å². The molecule has 0 saturated carbocycles. The van der Waals surface area contributed by atoms with E-state index in [1.54, 1.807) is 0 Å². The van der Waals surface area contributed by atoms with E-state index in [9.17, 15) is 4.79 Å². The molecule has 0 aliphatic carbocycles. The molecule has 0 saturated heterocycles. The molecule has 3 aromatic rings. The van der Waals surface area contributed by atoms with Crippen LogP contribution < -0.4 is 10.2 Å². The van der Waals surface area contributed by atoms with Crippen LogP contribution in [0.5, 0.6) is 0 Å². The third-order valence-electron chi connectivity index (χ3n) is 4.05. The minimum absolute atomic E-state index is 0.116. The third-order valence-corrected chi connectivity index (χ3v) is 5.28. The van der Waals surface area contributed by atoms with Gasteiger partial charge in [-0.1, -0.05) is 47.2 Å². The van der Waals surface area contributed by atoms with E-state index in [4.69, 9.17) is 0 Å². The minimum atomic E-state index is -0.116. The zero-order valence-electron chi connectivity index (χ0n) is 14.8. The zero-order valence-corrected chi connectivity index (χ0v) is 15.6. The highest BCUT2D eigenvalue weighted by atomic mass is 32.1. The van der Waals surface area contributed by atoms with Crippen LogP contribution in [-0.4, -0.2) is 17.9 Å². The Balaban J connectivity index is 1.83. The molecule has 2 aromatic carbocycles. The van der Waals surface area contributed by atoms with Gasteiger partial charge in [0.2, 0.25) is 0 Å². The predicted octanol–water partition coefficient (Wildman–Crippen LogP) is 5.09. The summed E-state index contributed by atoms with van der Waals surface area (Å²) < 4.78 is 0. The monoisotopic (exact) mass is 351 g/mol. The standard InChI is InChI=1S/C20H21N3OS/c1-13-10-11-17(14(2)12-13)22-19(24)18-15(3)21-20(25-18)23(4)16-8-6-5-7-9-16/h5-12H,1-4H3,(H,22,24). The van der Waals surface area contributed by atoms with Gasteiger partial charge in [0, 0.05) is 18.4 Å². The molecule has 0 aliphatic heterocycles. The zero-order chi connectivity index (χ0) is 18.0. The lowest BCUT2D eigenvalue weighted by molar-refractivity contribution is 0.102. The number of carbonyl (C=O) groups is 1. The summed E-state index contributed by atoms with van der Waals surface area (Å²) >= 11 is 1.40. The average Bonchev–Trinajstić information content (AvgIpc) is 2.99. The summed E-state index contributed by atoms with van der Waals surface area (Å²) in [4.78, 5) is 19.9. The van der Waals surface area contributed by atoms with Gasteiger partial charge in [0.15, 0.2) is 5.13 Å². The van der Waals surface area contributed by atoms with Gasteiger partial charge in [-0.15, -0.1) is 0 Å². The van der Waals surface area contributed by atoms with Gasteiger partial charge in [-0.05, 0) is 44.5 Å². The van der Waals surface area contributed by atoms with Crippen molar-refractivity contribution < 1.29 is 4.79 Å². The summed E-state index contributed by atoms with van der Waals surface area (Å²) in [5.41, 5.74) is 4.84. The number of hydrogen-bond donors (Lipinski definition) is 1. The summed E-state index contributed by atoms with van der Waals surface area (Å²) in [5.74, 6) is -0.116. The van der Waals surface area contributed by atoms with E-state index in [2.05, 4.69) is 16.4 Å². The number of rotatable bonds is 4. The molecule has 0 unspecified atom stereocenters. The van der Waals surface area contributed by atoms with Gasteiger partial charge in [0.25, 0.3) is 5.91 Å². The van der Waals surface area contributed by atoms with Crippen molar-refractivity contribution in [2.45, 2.75) is 20.8 Å². The van der Waals surface area contributed by atoms with E-state index in [1.807, 2.05) is 75.2 Å². The van der Waals surface area contributed by atoms with Crippen LogP contribution >= 0.6 is 11.3 Å². The molecule has 0 radical (unpaired) electrons. The number of nitrogens with zero attached hydrogens (tertiary/aromatic N) is 2. The molecule has 1 heterocycles. The second kappa shape index (κ2) is 7.07. The maximum atomic E-state index is 12.7. The fraction of sp³-hybridized carbons (Fsp3) is 0.200. The highest BCUT2D eigenvalue weighted by molar-refractivity contribution is 7.17. The van der Waals surface area contributed by atoms with E-state index >= 15 is 0 Å². The second-order valence-electron chi connectivity index (χ2n) is 6.08. The largest absolute Gasteiger partial charge is 0.321 e. The highest BCUT2D eigenvalue weighted by Gasteiger charge is 2.18. The number of nitrogens with one attached hydrogen (secondary N) is 1. The molecule has 4 nitrogen and oxygen atoms in total. The second-order valence-corrected chi connectivity index (χ2v) is 7.06.